The molecule has 11 aromatic rings. The van der Waals surface area contributed by atoms with Crippen molar-refractivity contribution in [3.8, 4) is 22.3 Å². The van der Waals surface area contributed by atoms with E-state index in [9.17, 15) is 0 Å². The summed E-state index contributed by atoms with van der Waals surface area (Å²) in [5, 5.41) is 7.39. The van der Waals surface area contributed by atoms with Crippen molar-refractivity contribution >= 4 is 87.2 Å². The SMILES string of the molecule is c1ccc(-c2ccc(N(c3ccccc3)c3cc(N(c4ccccc4)c4ccc(-c5ccccc5)c5ccccc45)cc4c3sc3cc5ccccc5cc34)cc2)cc1. The van der Waals surface area contributed by atoms with Crippen molar-refractivity contribution in [1.82, 2.24) is 0 Å². The molecule has 0 N–H and O–H groups in total. The normalized spacial score (nSPS) is 11.4. The summed E-state index contributed by atoms with van der Waals surface area (Å²) in [7, 11) is 0. The van der Waals surface area contributed by atoms with Crippen molar-refractivity contribution in [3.05, 3.63) is 231 Å². The Morgan fingerprint density at radius 1 is 0.288 bits per heavy atom. The van der Waals surface area contributed by atoms with Crippen LogP contribution in [0.2, 0.25) is 0 Å². The fraction of sp³-hybridized carbons (Fsp3) is 0. The molecule has 2 nitrogen and oxygen atoms in total. The van der Waals surface area contributed by atoms with Gasteiger partial charge in [-0.15, -0.1) is 11.3 Å². The maximum absolute atomic E-state index is 2.45. The van der Waals surface area contributed by atoms with Crippen LogP contribution in [0.1, 0.15) is 0 Å². The Bertz CT molecular complexity index is 3250. The van der Waals surface area contributed by atoms with Crippen LogP contribution in [0, 0.1) is 0 Å². The summed E-state index contributed by atoms with van der Waals surface area (Å²) in [5.74, 6) is 0. The highest BCUT2D eigenvalue weighted by Crippen LogP contribution is 2.50. The third-order valence-electron chi connectivity index (χ3n) is 11.4. The van der Waals surface area contributed by atoms with Gasteiger partial charge in [0.15, 0.2) is 0 Å². The lowest BCUT2D eigenvalue weighted by Gasteiger charge is -2.31. The van der Waals surface area contributed by atoms with E-state index in [1.165, 1.54) is 64.0 Å². The van der Waals surface area contributed by atoms with Crippen molar-refractivity contribution < 1.29 is 0 Å². The lowest BCUT2D eigenvalue weighted by molar-refractivity contribution is 1.27. The number of fused-ring (bicyclic) bond motifs is 5. The Labute approximate surface area is 348 Å². The summed E-state index contributed by atoms with van der Waals surface area (Å²) in [6.07, 6.45) is 0. The van der Waals surface area contributed by atoms with Crippen LogP contribution in [0.5, 0.6) is 0 Å². The molecule has 278 valence electrons. The minimum absolute atomic E-state index is 1.09. The van der Waals surface area contributed by atoms with Crippen molar-refractivity contribution in [3.63, 3.8) is 0 Å². The number of anilines is 6. The predicted octanol–water partition coefficient (Wildman–Crippen LogP) is 16.6. The molecule has 0 aliphatic rings. The zero-order valence-electron chi connectivity index (χ0n) is 32.2. The molecule has 0 radical (unpaired) electrons. The number of para-hydroxylation sites is 2. The zero-order chi connectivity index (χ0) is 39.1. The average molecular weight is 771 g/mol. The smallest absolute Gasteiger partial charge is 0.0661 e. The quantitative estimate of drug-likeness (QED) is 0.152. The molecule has 10 aromatic carbocycles. The van der Waals surface area contributed by atoms with Crippen molar-refractivity contribution in [1.29, 1.82) is 0 Å². The van der Waals surface area contributed by atoms with E-state index in [4.69, 9.17) is 0 Å². The van der Waals surface area contributed by atoms with Crippen LogP contribution in [0.15, 0.2) is 231 Å². The molecule has 3 heteroatoms. The highest BCUT2D eigenvalue weighted by molar-refractivity contribution is 7.26. The molecule has 0 saturated heterocycles. The molecule has 0 aliphatic carbocycles. The Morgan fingerprint density at radius 2 is 0.797 bits per heavy atom. The van der Waals surface area contributed by atoms with Crippen LogP contribution in [0.4, 0.5) is 34.1 Å². The van der Waals surface area contributed by atoms with Crippen LogP contribution in [0.3, 0.4) is 0 Å². The Hall–Kier alpha value is -7.46. The maximum Gasteiger partial charge on any atom is 0.0661 e. The maximum atomic E-state index is 2.45. The molecule has 0 spiro atoms. The molecule has 11 rings (SSSR count). The number of thiophene rings is 1. The number of benzene rings is 10. The summed E-state index contributed by atoms with van der Waals surface area (Å²) < 4.78 is 2.51. The van der Waals surface area contributed by atoms with Crippen LogP contribution in [-0.4, -0.2) is 0 Å². The Balaban J connectivity index is 1.20. The topological polar surface area (TPSA) is 6.48 Å². The van der Waals surface area contributed by atoms with Gasteiger partial charge in [0.25, 0.3) is 0 Å². The summed E-state index contributed by atoms with van der Waals surface area (Å²) >= 11 is 1.87. The van der Waals surface area contributed by atoms with E-state index in [2.05, 4.69) is 240 Å². The molecular formula is C56H38N2S. The second-order valence-corrected chi connectivity index (χ2v) is 16.0. The van der Waals surface area contributed by atoms with Gasteiger partial charge >= 0.3 is 0 Å². The van der Waals surface area contributed by atoms with Gasteiger partial charge in [-0.1, -0.05) is 164 Å². The molecule has 0 aliphatic heterocycles. The molecule has 0 atom stereocenters. The Kier molecular flexibility index (Phi) is 8.72. The van der Waals surface area contributed by atoms with E-state index < -0.39 is 0 Å². The fourth-order valence-corrected chi connectivity index (χ4v) is 9.83. The number of hydrogen-bond donors (Lipinski definition) is 0. The minimum atomic E-state index is 1.09. The van der Waals surface area contributed by atoms with E-state index in [1.54, 1.807) is 0 Å². The zero-order valence-corrected chi connectivity index (χ0v) is 33.1. The number of nitrogens with zero attached hydrogens (tertiary/aromatic N) is 2. The molecule has 1 heterocycles. The van der Waals surface area contributed by atoms with Gasteiger partial charge in [-0.2, -0.15) is 0 Å². The lowest BCUT2D eigenvalue weighted by atomic mass is 9.96. The first-order valence-corrected chi connectivity index (χ1v) is 20.9. The van der Waals surface area contributed by atoms with Gasteiger partial charge in [-0.3, -0.25) is 0 Å². The summed E-state index contributed by atoms with van der Waals surface area (Å²) in [6, 6.07) is 83.7. The molecule has 1 aromatic heterocycles. The first kappa shape index (κ1) is 34.8. The predicted molar refractivity (Wildman–Crippen MR) is 255 cm³/mol. The minimum Gasteiger partial charge on any atom is -0.310 e. The highest BCUT2D eigenvalue weighted by atomic mass is 32.1. The second kappa shape index (κ2) is 14.8. The van der Waals surface area contributed by atoms with Gasteiger partial charge in [-0.25, -0.2) is 0 Å². The highest BCUT2D eigenvalue weighted by Gasteiger charge is 2.24. The van der Waals surface area contributed by atoms with Crippen LogP contribution >= 0.6 is 11.3 Å². The summed E-state index contributed by atoms with van der Waals surface area (Å²) in [5.41, 5.74) is 11.5. The monoisotopic (exact) mass is 770 g/mol. The second-order valence-electron chi connectivity index (χ2n) is 14.9. The van der Waals surface area contributed by atoms with E-state index in [1.807, 2.05) is 11.3 Å². The average Bonchev–Trinajstić information content (AvgIpc) is 3.67. The first-order chi connectivity index (χ1) is 29.3. The number of hydrogen-bond acceptors (Lipinski definition) is 3. The van der Waals surface area contributed by atoms with Crippen molar-refractivity contribution in [2.75, 3.05) is 9.80 Å². The molecule has 0 saturated carbocycles. The summed E-state index contributed by atoms with van der Waals surface area (Å²) in [4.78, 5) is 4.89. The van der Waals surface area contributed by atoms with E-state index >= 15 is 0 Å². The molecule has 0 unspecified atom stereocenters. The summed E-state index contributed by atoms with van der Waals surface area (Å²) in [6.45, 7) is 0. The van der Waals surface area contributed by atoms with E-state index in [0.29, 0.717) is 0 Å². The fourth-order valence-electron chi connectivity index (χ4n) is 8.62. The van der Waals surface area contributed by atoms with Gasteiger partial charge < -0.3 is 9.80 Å². The van der Waals surface area contributed by atoms with Gasteiger partial charge in [0, 0.05) is 43.6 Å². The van der Waals surface area contributed by atoms with Gasteiger partial charge in [-0.05, 0) is 105 Å². The number of rotatable bonds is 8. The van der Waals surface area contributed by atoms with Crippen molar-refractivity contribution in [2.24, 2.45) is 0 Å². The molecule has 0 amide bonds. The van der Waals surface area contributed by atoms with E-state index in [-0.39, 0.29) is 0 Å². The molecular weight excluding hydrogens is 733 g/mol. The largest absolute Gasteiger partial charge is 0.310 e. The third kappa shape index (κ3) is 6.29. The van der Waals surface area contributed by atoms with Gasteiger partial charge in [0.1, 0.15) is 0 Å². The molecule has 0 fully saturated rings. The van der Waals surface area contributed by atoms with Crippen LogP contribution in [-0.2, 0) is 0 Å². The van der Waals surface area contributed by atoms with Gasteiger partial charge in [0.2, 0.25) is 0 Å². The lowest BCUT2D eigenvalue weighted by Crippen LogP contribution is -2.14. The first-order valence-electron chi connectivity index (χ1n) is 20.1. The van der Waals surface area contributed by atoms with Crippen LogP contribution < -0.4 is 9.80 Å². The standard InChI is InChI=1S/C56H38N2S/c1-5-17-39(18-6-1)40-29-31-46(32-30-40)57(44-23-9-3-10-24-44)54-38-47(37-52-51-35-42-21-13-14-22-43(42)36-55(51)59-56(52)54)58(45-25-11-4-12-26-45)53-34-33-48(41-19-7-2-8-20-41)49-27-15-16-28-50(49)53/h1-38H. The molecule has 59 heavy (non-hydrogen) atoms. The van der Waals surface area contributed by atoms with Crippen LogP contribution in [0.25, 0.3) is 64.0 Å². The molecule has 0 bridgehead atoms. The van der Waals surface area contributed by atoms with Gasteiger partial charge in [0.05, 0.1) is 16.1 Å². The van der Waals surface area contributed by atoms with Crippen molar-refractivity contribution in [2.45, 2.75) is 0 Å². The Morgan fingerprint density at radius 3 is 1.46 bits per heavy atom. The third-order valence-corrected chi connectivity index (χ3v) is 12.6. The van der Waals surface area contributed by atoms with E-state index in [0.717, 1.165) is 34.1 Å².